The maximum atomic E-state index is 13.1. The van der Waals surface area contributed by atoms with Gasteiger partial charge in [-0.2, -0.15) is 5.26 Å². The Morgan fingerprint density at radius 1 is 0.909 bits per heavy atom. The van der Waals surface area contributed by atoms with Gasteiger partial charge in [-0.05, 0) is 48.0 Å². The van der Waals surface area contributed by atoms with Crippen LogP contribution in [0.5, 0.6) is 0 Å². The van der Waals surface area contributed by atoms with Gasteiger partial charge < -0.3 is 9.73 Å². The van der Waals surface area contributed by atoms with Crippen LogP contribution in [0.1, 0.15) is 21.7 Å². The van der Waals surface area contributed by atoms with Crippen LogP contribution in [0.15, 0.2) is 101 Å². The van der Waals surface area contributed by atoms with Crippen molar-refractivity contribution in [3.05, 3.63) is 108 Å². The summed E-state index contributed by atoms with van der Waals surface area (Å²) < 4.78 is 32.9. The van der Waals surface area contributed by atoms with Crippen molar-refractivity contribution in [2.45, 2.75) is 11.4 Å². The summed E-state index contributed by atoms with van der Waals surface area (Å²) in [6, 6.07) is 25.4. The minimum Gasteiger partial charge on any atom is -0.468 e. The van der Waals surface area contributed by atoms with Gasteiger partial charge in [0.2, 0.25) is 10.0 Å². The molecule has 4 aromatic rings. The van der Waals surface area contributed by atoms with Gasteiger partial charge in [0.05, 0.1) is 29.3 Å². The van der Waals surface area contributed by atoms with Crippen LogP contribution >= 0.6 is 0 Å². The molecule has 0 bridgehead atoms. The van der Waals surface area contributed by atoms with E-state index in [4.69, 9.17) is 4.42 Å². The molecule has 0 fully saturated rings. The van der Waals surface area contributed by atoms with Gasteiger partial charge in [0.25, 0.3) is 5.91 Å². The van der Waals surface area contributed by atoms with Crippen molar-refractivity contribution in [2.75, 3.05) is 5.32 Å². The Bertz CT molecular complexity index is 1440. The molecule has 8 heteroatoms. The number of hydrogen-bond donors (Lipinski definition) is 2. The topological polar surface area (TPSA) is 112 Å². The number of carbonyl (C=O) groups excluding carboxylic acids is 1. The molecule has 0 aliphatic rings. The maximum Gasteiger partial charge on any atom is 0.256 e. The van der Waals surface area contributed by atoms with Gasteiger partial charge in [-0.3, -0.25) is 4.79 Å². The number of benzene rings is 3. The molecule has 4 rings (SSSR count). The molecule has 0 aliphatic carbocycles. The normalized spacial score (nSPS) is 11.0. The number of carbonyl (C=O) groups is 1. The van der Waals surface area contributed by atoms with Gasteiger partial charge in [0.15, 0.2) is 0 Å². The lowest BCUT2D eigenvalue weighted by Crippen LogP contribution is -2.23. The maximum absolute atomic E-state index is 13.1. The minimum absolute atomic E-state index is 0.00923. The molecule has 0 saturated carbocycles. The van der Waals surface area contributed by atoms with Crippen LogP contribution in [0.2, 0.25) is 0 Å². The molecule has 1 heterocycles. The third-order valence-corrected chi connectivity index (χ3v) is 6.33. The molecule has 0 spiro atoms. The highest BCUT2D eigenvalue weighted by Gasteiger charge is 2.18. The number of amides is 1. The van der Waals surface area contributed by atoms with Gasteiger partial charge in [-0.25, -0.2) is 13.1 Å². The number of hydrogen-bond acceptors (Lipinski definition) is 5. The molecule has 3 aromatic carbocycles. The van der Waals surface area contributed by atoms with E-state index in [1.165, 1.54) is 18.4 Å². The number of sulfonamides is 1. The highest BCUT2D eigenvalue weighted by atomic mass is 32.2. The molecule has 0 atom stereocenters. The first-order valence-corrected chi connectivity index (χ1v) is 11.5. The van der Waals surface area contributed by atoms with Crippen molar-refractivity contribution in [1.29, 1.82) is 5.26 Å². The zero-order valence-corrected chi connectivity index (χ0v) is 18.2. The molecule has 0 aliphatic heterocycles. The van der Waals surface area contributed by atoms with E-state index in [1.54, 1.807) is 72.8 Å². The quantitative estimate of drug-likeness (QED) is 0.423. The average Bonchev–Trinajstić information content (AvgIpc) is 3.37. The Balaban J connectivity index is 1.58. The van der Waals surface area contributed by atoms with E-state index in [1.807, 2.05) is 0 Å². The summed E-state index contributed by atoms with van der Waals surface area (Å²) in [4.78, 5) is 13.1. The molecule has 164 valence electrons. The van der Waals surface area contributed by atoms with Crippen molar-refractivity contribution in [3.63, 3.8) is 0 Å². The molecular weight excluding hydrogens is 438 g/mol. The molecule has 2 N–H and O–H groups in total. The fraction of sp³-hybridized carbons (Fsp3) is 0.0400. The number of nitrogens with zero attached hydrogens (tertiary/aromatic N) is 1. The SMILES string of the molecule is N#Cc1ccccc1-c1ccccc1C(=O)Nc1cccc(S(=O)(=O)NCc2ccco2)c1. The molecule has 33 heavy (non-hydrogen) atoms. The first-order chi connectivity index (χ1) is 16.0. The van der Waals surface area contributed by atoms with Gasteiger partial charge >= 0.3 is 0 Å². The van der Waals surface area contributed by atoms with E-state index >= 15 is 0 Å². The fourth-order valence-electron chi connectivity index (χ4n) is 3.33. The van der Waals surface area contributed by atoms with E-state index in [0.717, 1.165) is 0 Å². The van der Waals surface area contributed by atoms with E-state index in [0.29, 0.717) is 33.7 Å². The summed E-state index contributed by atoms with van der Waals surface area (Å²) in [7, 11) is -3.82. The Morgan fingerprint density at radius 3 is 2.42 bits per heavy atom. The third-order valence-electron chi connectivity index (χ3n) is 4.93. The van der Waals surface area contributed by atoms with Gasteiger partial charge in [0, 0.05) is 16.8 Å². The Kier molecular flexibility index (Phi) is 6.36. The standard InChI is InChI=1S/C25H19N3O4S/c26-16-18-7-1-2-11-22(18)23-12-3-4-13-24(23)25(29)28-19-8-5-10-21(15-19)33(30,31)27-17-20-9-6-14-32-20/h1-15,27H,17H2,(H,28,29). The first-order valence-electron chi connectivity index (χ1n) is 10.00. The summed E-state index contributed by atoms with van der Waals surface area (Å²) in [6.45, 7) is 0.0115. The first kappa shape index (κ1) is 22.0. The predicted octanol–water partition coefficient (Wildman–Crippen LogP) is 4.55. The van der Waals surface area contributed by atoms with Crippen molar-refractivity contribution in [3.8, 4) is 17.2 Å². The highest BCUT2D eigenvalue weighted by molar-refractivity contribution is 7.89. The largest absolute Gasteiger partial charge is 0.468 e. The summed E-state index contributed by atoms with van der Waals surface area (Å²) in [5, 5.41) is 12.2. The van der Waals surface area contributed by atoms with Crippen molar-refractivity contribution >= 4 is 21.6 Å². The van der Waals surface area contributed by atoms with E-state index in [-0.39, 0.29) is 11.4 Å². The lowest BCUT2D eigenvalue weighted by Gasteiger charge is -2.12. The second-order valence-corrected chi connectivity index (χ2v) is 8.86. The predicted molar refractivity (Wildman–Crippen MR) is 124 cm³/mol. The summed E-state index contributed by atoms with van der Waals surface area (Å²) in [5.74, 6) is 0.0636. The van der Waals surface area contributed by atoms with Gasteiger partial charge in [-0.1, -0.05) is 42.5 Å². The molecular formula is C25H19N3O4S. The van der Waals surface area contributed by atoms with E-state index < -0.39 is 15.9 Å². The number of nitriles is 1. The molecule has 0 unspecified atom stereocenters. The van der Waals surface area contributed by atoms with E-state index in [9.17, 15) is 18.5 Å². The fourth-order valence-corrected chi connectivity index (χ4v) is 4.37. The Hall–Kier alpha value is -4.19. The lowest BCUT2D eigenvalue weighted by molar-refractivity contribution is 0.102. The van der Waals surface area contributed by atoms with Gasteiger partial charge in [0.1, 0.15) is 5.76 Å². The number of nitrogens with one attached hydrogen (secondary N) is 2. The summed E-state index contributed by atoms with van der Waals surface area (Å²) in [6.07, 6.45) is 1.46. The summed E-state index contributed by atoms with van der Waals surface area (Å²) >= 11 is 0. The minimum atomic E-state index is -3.82. The molecule has 0 radical (unpaired) electrons. The van der Waals surface area contributed by atoms with Crippen LogP contribution in [0.4, 0.5) is 5.69 Å². The van der Waals surface area contributed by atoms with E-state index in [2.05, 4.69) is 16.1 Å². The third kappa shape index (κ3) is 5.01. The zero-order chi connectivity index (χ0) is 23.3. The Morgan fingerprint density at radius 2 is 1.67 bits per heavy atom. The highest BCUT2D eigenvalue weighted by Crippen LogP contribution is 2.27. The summed E-state index contributed by atoms with van der Waals surface area (Å²) in [5.41, 5.74) is 2.39. The second kappa shape index (κ2) is 9.53. The monoisotopic (exact) mass is 457 g/mol. The van der Waals surface area contributed by atoms with Crippen LogP contribution in [-0.4, -0.2) is 14.3 Å². The number of anilines is 1. The lowest BCUT2D eigenvalue weighted by atomic mass is 9.95. The van der Waals surface area contributed by atoms with Crippen molar-refractivity contribution < 1.29 is 17.6 Å². The second-order valence-electron chi connectivity index (χ2n) is 7.09. The average molecular weight is 458 g/mol. The van der Waals surface area contributed by atoms with Crippen LogP contribution in [0.3, 0.4) is 0 Å². The molecule has 0 saturated heterocycles. The van der Waals surface area contributed by atoms with Crippen LogP contribution in [0, 0.1) is 11.3 Å². The number of furan rings is 1. The van der Waals surface area contributed by atoms with Crippen LogP contribution in [-0.2, 0) is 16.6 Å². The van der Waals surface area contributed by atoms with Crippen LogP contribution < -0.4 is 10.0 Å². The van der Waals surface area contributed by atoms with Gasteiger partial charge in [-0.15, -0.1) is 0 Å². The smallest absolute Gasteiger partial charge is 0.256 e. The zero-order valence-electron chi connectivity index (χ0n) is 17.4. The molecule has 7 nitrogen and oxygen atoms in total. The number of rotatable bonds is 7. The molecule has 1 aromatic heterocycles. The van der Waals surface area contributed by atoms with Crippen molar-refractivity contribution in [1.82, 2.24) is 4.72 Å². The Labute approximate surface area is 191 Å². The van der Waals surface area contributed by atoms with Crippen molar-refractivity contribution in [2.24, 2.45) is 0 Å². The molecule has 1 amide bonds. The van der Waals surface area contributed by atoms with Crippen LogP contribution in [0.25, 0.3) is 11.1 Å².